The van der Waals surface area contributed by atoms with E-state index in [0.717, 1.165) is 0 Å². The second-order valence-electron chi connectivity index (χ2n) is 4.48. The molecule has 18 heavy (non-hydrogen) atoms. The highest BCUT2D eigenvalue weighted by molar-refractivity contribution is 7.90. The maximum atomic E-state index is 11.9. The second kappa shape index (κ2) is 6.81. The van der Waals surface area contributed by atoms with E-state index in [1.807, 2.05) is 13.8 Å². The Morgan fingerprint density at radius 2 is 2.06 bits per heavy atom. The summed E-state index contributed by atoms with van der Waals surface area (Å²) >= 11 is 0. The van der Waals surface area contributed by atoms with Gasteiger partial charge in [0, 0.05) is 25.3 Å². The molecule has 0 saturated heterocycles. The van der Waals surface area contributed by atoms with Gasteiger partial charge in [-0.2, -0.15) is 0 Å². The highest BCUT2D eigenvalue weighted by atomic mass is 32.2. The predicted octanol–water partition coefficient (Wildman–Crippen LogP) is -0.416. The maximum Gasteiger partial charge on any atom is 0.215 e. The molecule has 8 heteroatoms. The van der Waals surface area contributed by atoms with Crippen molar-refractivity contribution in [1.29, 1.82) is 0 Å². The van der Waals surface area contributed by atoms with Crippen LogP contribution in [0.4, 0.5) is 0 Å². The highest BCUT2D eigenvalue weighted by Gasteiger charge is 2.19. The summed E-state index contributed by atoms with van der Waals surface area (Å²) in [5.41, 5.74) is 0. The Morgan fingerprint density at radius 3 is 2.61 bits per heavy atom. The van der Waals surface area contributed by atoms with Gasteiger partial charge in [0.15, 0.2) is 0 Å². The van der Waals surface area contributed by atoms with Gasteiger partial charge in [0.1, 0.15) is 0 Å². The monoisotopic (exact) mass is 275 g/mol. The Labute approximate surface area is 108 Å². The van der Waals surface area contributed by atoms with Crippen molar-refractivity contribution in [3.05, 3.63) is 12.4 Å². The van der Waals surface area contributed by atoms with E-state index in [1.165, 1.54) is 0 Å². The van der Waals surface area contributed by atoms with E-state index in [1.54, 1.807) is 24.0 Å². The summed E-state index contributed by atoms with van der Waals surface area (Å²) in [6, 6.07) is 0.276. The van der Waals surface area contributed by atoms with Crippen LogP contribution < -0.4 is 10.0 Å². The van der Waals surface area contributed by atoms with Gasteiger partial charge in [-0.05, 0) is 6.92 Å². The SMILES string of the molecule is CC(C)NCC(C)S(=O)(=O)NCCn1ccnn1. The number of nitrogens with zero attached hydrogens (tertiary/aromatic N) is 3. The van der Waals surface area contributed by atoms with Crippen LogP contribution in [0.25, 0.3) is 0 Å². The topological polar surface area (TPSA) is 88.9 Å². The van der Waals surface area contributed by atoms with E-state index in [0.29, 0.717) is 19.6 Å². The first-order chi connectivity index (χ1) is 8.42. The van der Waals surface area contributed by atoms with Crippen LogP contribution in [-0.4, -0.2) is 47.8 Å². The summed E-state index contributed by atoms with van der Waals surface area (Å²) in [6.45, 7) is 6.89. The number of hydrogen-bond acceptors (Lipinski definition) is 5. The molecule has 0 amide bonds. The molecular formula is C10H21N5O2S. The van der Waals surface area contributed by atoms with Crippen LogP contribution in [0.5, 0.6) is 0 Å². The van der Waals surface area contributed by atoms with Gasteiger partial charge in [0.05, 0.1) is 18.0 Å². The third-order valence-electron chi connectivity index (χ3n) is 2.46. The van der Waals surface area contributed by atoms with Crippen LogP contribution in [0, 0.1) is 0 Å². The molecule has 104 valence electrons. The first-order valence-corrected chi connectivity index (χ1v) is 7.52. The zero-order valence-corrected chi connectivity index (χ0v) is 11.8. The Morgan fingerprint density at radius 1 is 1.33 bits per heavy atom. The molecule has 0 aliphatic rings. The van der Waals surface area contributed by atoms with Crippen LogP contribution in [0.2, 0.25) is 0 Å². The zero-order chi connectivity index (χ0) is 13.6. The van der Waals surface area contributed by atoms with Crippen LogP contribution in [-0.2, 0) is 16.6 Å². The first kappa shape index (κ1) is 15.1. The lowest BCUT2D eigenvalue weighted by molar-refractivity contribution is 0.528. The third kappa shape index (κ3) is 5.11. The summed E-state index contributed by atoms with van der Waals surface area (Å²) in [7, 11) is -3.28. The van der Waals surface area contributed by atoms with Crippen molar-refractivity contribution < 1.29 is 8.42 Å². The van der Waals surface area contributed by atoms with Crippen LogP contribution >= 0.6 is 0 Å². The highest BCUT2D eigenvalue weighted by Crippen LogP contribution is 1.97. The second-order valence-corrected chi connectivity index (χ2v) is 6.66. The summed E-state index contributed by atoms with van der Waals surface area (Å²) in [5.74, 6) is 0. The fourth-order valence-electron chi connectivity index (χ4n) is 1.31. The summed E-state index contributed by atoms with van der Waals surface area (Å²) in [6.07, 6.45) is 3.25. The average Bonchev–Trinajstić information content (AvgIpc) is 2.78. The fourth-order valence-corrected chi connectivity index (χ4v) is 2.28. The Balaban J connectivity index is 2.34. The van der Waals surface area contributed by atoms with Crippen molar-refractivity contribution in [2.45, 2.75) is 38.6 Å². The van der Waals surface area contributed by atoms with Gasteiger partial charge in [0.2, 0.25) is 10.0 Å². The number of rotatable bonds is 8. The Bertz CT molecular complexity index is 429. The molecule has 1 aromatic heterocycles. The van der Waals surface area contributed by atoms with Crippen molar-refractivity contribution in [3.8, 4) is 0 Å². The van der Waals surface area contributed by atoms with E-state index in [9.17, 15) is 8.42 Å². The normalized spacial score (nSPS) is 14.0. The predicted molar refractivity (Wildman–Crippen MR) is 69.5 cm³/mol. The molecule has 1 rings (SSSR count). The van der Waals surface area contributed by atoms with E-state index >= 15 is 0 Å². The Hall–Kier alpha value is -0.990. The summed E-state index contributed by atoms with van der Waals surface area (Å²) in [4.78, 5) is 0. The minimum Gasteiger partial charge on any atom is -0.313 e. The molecule has 0 bridgehead atoms. The van der Waals surface area contributed by atoms with Crippen LogP contribution in [0.3, 0.4) is 0 Å². The van der Waals surface area contributed by atoms with Crippen molar-refractivity contribution in [1.82, 2.24) is 25.0 Å². The minimum absolute atomic E-state index is 0.276. The average molecular weight is 275 g/mol. The maximum absolute atomic E-state index is 11.9. The zero-order valence-electron chi connectivity index (χ0n) is 11.0. The number of aromatic nitrogens is 3. The van der Waals surface area contributed by atoms with E-state index < -0.39 is 15.3 Å². The number of nitrogens with one attached hydrogen (secondary N) is 2. The molecule has 0 radical (unpaired) electrons. The molecule has 0 spiro atoms. The molecule has 1 unspecified atom stereocenters. The van der Waals surface area contributed by atoms with Crippen molar-refractivity contribution in [3.63, 3.8) is 0 Å². The van der Waals surface area contributed by atoms with E-state index in [4.69, 9.17) is 0 Å². The number of sulfonamides is 1. The molecule has 1 atom stereocenters. The van der Waals surface area contributed by atoms with Gasteiger partial charge in [0.25, 0.3) is 0 Å². The largest absolute Gasteiger partial charge is 0.313 e. The third-order valence-corrected chi connectivity index (χ3v) is 4.29. The quantitative estimate of drug-likeness (QED) is 0.673. The standard InChI is InChI=1S/C10H21N5O2S/c1-9(2)11-8-10(3)18(16,17)13-5-7-15-6-4-12-14-15/h4,6,9-11,13H,5,7-8H2,1-3H3. The first-order valence-electron chi connectivity index (χ1n) is 5.98. The lowest BCUT2D eigenvalue weighted by Gasteiger charge is -2.16. The Kier molecular flexibility index (Phi) is 5.70. The minimum atomic E-state index is -3.28. The van der Waals surface area contributed by atoms with E-state index in [-0.39, 0.29) is 6.04 Å². The van der Waals surface area contributed by atoms with Crippen LogP contribution in [0.1, 0.15) is 20.8 Å². The molecule has 7 nitrogen and oxygen atoms in total. The molecule has 0 aromatic carbocycles. The van der Waals surface area contributed by atoms with Gasteiger partial charge in [-0.25, -0.2) is 13.1 Å². The fraction of sp³-hybridized carbons (Fsp3) is 0.800. The molecule has 0 fully saturated rings. The molecule has 1 aromatic rings. The van der Waals surface area contributed by atoms with Gasteiger partial charge < -0.3 is 5.32 Å². The smallest absolute Gasteiger partial charge is 0.215 e. The van der Waals surface area contributed by atoms with Crippen molar-refractivity contribution >= 4 is 10.0 Å². The van der Waals surface area contributed by atoms with Crippen molar-refractivity contribution in [2.75, 3.05) is 13.1 Å². The molecule has 2 N–H and O–H groups in total. The number of hydrogen-bond donors (Lipinski definition) is 2. The summed E-state index contributed by atoms with van der Waals surface area (Å²) < 4.78 is 27.9. The lowest BCUT2D eigenvalue weighted by Crippen LogP contribution is -2.41. The molecule has 0 saturated carbocycles. The lowest BCUT2D eigenvalue weighted by atomic mass is 10.3. The van der Waals surface area contributed by atoms with Gasteiger partial charge in [-0.1, -0.05) is 19.1 Å². The van der Waals surface area contributed by atoms with Crippen molar-refractivity contribution in [2.24, 2.45) is 0 Å². The summed E-state index contributed by atoms with van der Waals surface area (Å²) in [5, 5.41) is 10.1. The van der Waals surface area contributed by atoms with Gasteiger partial charge in [-0.3, -0.25) is 4.68 Å². The molecule has 1 heterocycles. The molecule has 0 aliphatic carbocycles. The van der Waals surface area contributed by atoms with Gasteiger partial charge in [-0.15, -0.1) is 5.10 Å². The van der Waals surface area contributed by atoms with E-state index in [2.05, 4.69) is 20.4 Å². The molecular weight excluding hydrogens is 254 g/mol. The van der Waals surface area contributed by atoms with Gasteiger partial charge >= 0.3 is 0 Å². The molecule has 0 aliphatic heterocycles. The van der Waals surface area contributed by atoms with Crippen LogP contribution in [0.15, 0.2) is 12.4 Å².